The predicted octanol–water partition coefficient (Wildman–Crippen LogP) is 1.54. The largest absolute Gasteiger partial charge is 0.508 e. The lowest BCUT2D eigenvalue weighted by Gasteiger charge is -1.94. The Kier molecular flexibility index (Phi) is 2.20. The van der Waals surface area contributed by atoms with Crippen LogP contribution in [-0.2, 0) is 6.61 Å². The zero-order valence-corrected chi connectivity index (χ0v) is 7.34. The molecule has 0 atom stereocenters. The number of aromatic hydroxyl groups is 1. The van der Waals surface area contributed by atoms with E-state index in [1.807, 2.05) is 0 Å². The van der Waals surface area contributed by atoms with Crippen molar-refractivity contribution in [3.05, 3.63) is 36.4 Å². The molecule has 0 bridgehead atoms. The lowest BCUT2D eigenvalue weighted by Crippen LogP contribution is -1.82. The van der Waals surface area contributed by atoms with Gasteiger partial charge in [-0.25, -0.2) is 4.98 Å². The highest BCUT2D eigenvalue weighted by atomic mass is 16.4. The summed E-state index contributed by atoms with van der Waals surface area (Å²) in [6.07, 6.45) is 1.47. The van der Waals surface area contributed by atoms with Crippen molar-refractivity contribution in [1.29, 1.82) is 0 Å². The van der Waals surface area contributed by atoms with E-state index in [0.717, 1.165) is 5.56 Å². The van der Waals surface area contributed by atoms with Gasteiger partial charge in [0.15, 0.2) is 0 Å². The molecular weight excluding hydrogens is 182 g/mol. The molecule has 0 aliphatic heterocycles. The molecule has 1 aromatic heterocycles. The third kappa shape index (κ3) is 1.60. The summed E-state index contributed by atoms with van der Waals surface area (Å²) in [6, 6.07) is 6.61. The van der Waals surface area contributed by atoms with Crippen LogP contribution in [0.1, 0.15) is 5.89 Å². The van der Waals surface area contributed by atoms with Crippen LogP contribution >= 0.6 is 0 Å². The Morgan fingerprint density at radius 2 is 1.93 bits per heavy atom. The van der Waals surface area contributed by atoms with Gasteiger partial charge in [-0.2, -0.15) is 0 Å². The summed E-state index contributed by atoms with van der Waals surface area (Å²) in [5, 5.41) is 17.8. The van der Waals surface area contributed by atoms with Gasteiger partial charge < -0.3 is 14.6 Å². The van der Waals surface area contributed by atoms with Gasteiger partial charge in [-0.1, -0.05) is 0 Å². The molecule has 2 N–H and O–H groups in total. The minimum atomic E-state index is -0.210. The molecule has 0 spiro atoms. The third-order valence-electron chi connectivity index (χ3n) is 1.85. The molecule has 0 saturated heterocycles. The highest BCUT2D eigenvalue weighted by Gasteiger charge is 2.04. The molecule has 14 heavy (non-hydrogen) atoms. The third-order valence-corrected chi connectivity index (χ3v) is 1.85. The molecule has 0 aliphatic rings. The number of nitrogens with zero attached hydrogens (tertiary/aromatic N) is 1. The first kappa shape index (κ1) is 8.77. The van der Waals surface area contributed by atoms with Gasteiger partial charge in [0.1, 0.15) is 24.3 Å². The van der Waals surface area contributed by atoms with Crippen LogP contribution in [0.3, 0.4) is 0 Å². The standard InChI is InChI=1S/C10H9NO3/c12-5-10-11-9(6-14-10)7-1-3-8(13)4-2-7/h1-4,6,12-13H,5H2. The SMILES string of the molecule is OCc1nc(-c2ccc(O)cc2)co1. The van der Waals surface area contributed by atoms with Crippen molar-refractivity contribution in [2.45, 2.75) is 6.61 Å². The van der Waals surface area contributed by atoms with E-state index >= 15 is 0 Å². The van der Waals surface area contributed by atoms with Gasteiger partial charge >= 0.3 is 0 Å². The maximum Gasteiger partial charge on any atom is 0.220 e. The maximum absolute atomic E-state index is 9.07. The Morgan fingerprint density at radius 3 is 2.50 bits per heavy atom. The van der Waals surface area contributed by atoms with Crippen LogP contribution in [0, 0.1) is 0 Å². The van der Waals surface area contributed by atoms with E-state index in [9.17, 15) is 0 Å². The van der Waals surface area contributed by atoms with Crippen molar-refractivity contribution in [3.63, 3.8) is 0 Å². The van der Waals surface area contributed by atoms with Gasteiger partial charge in [-0.3, -0.25) is 0 Å². The van der Waals surface area contributed by atoms with E-state index in [1.54, 1.807) is 24.3 Å². The number of oxazole rings is 1. The fourth-order valence-corrected chi connectivity index (χ4v) is 1.15. The van der Waals surface area contributed by atoms with Crippen LogP contribution < -0.4 is 0 Å². The molecule has 1 heterocycles. The number of aliphatic hydroxyl groups excluding tert-OH is 1. The molecule has 0 saturated carbocycles. The Balaban J connectivity index is 2.34. The Hall–Kier alpha value is -1.81. The van der Waals surface area contributed by atoms with Crippen molar-refractivity contribution in [2.24, 2.45) is 0 Å². The highest BCUT2D eigenvalue weighted by Crippen LogP contribution is 2.20. The summed E-state index contributed by atoms with van der Waals surface area (Å²) in [5.41, 5.74) is 1.49. The minimum Gasteiger partial charge on any atom is -0.508 e. The number of hydrogen-bond acceptors (Lipinski definition) is 4. The van der Waals surface area contributed by atoms with Gasteiger partial charge in [0.25, 0.3) is 0 Å². The number of aromatic nitrogens is 1. The summed E-state index contributed by atoms with van der Waals surface area (Å²) in [7, 11) is 0. The maximum atomic E-state index is 9.07. The van der Waals surface area contributed by atoms with Crippen molar-refractivity contribution < 1.29 is 14.6 Å². The number of phenolic OH excluding ortho intramolecular Hbond substituents is 1. The van der Waals surface area contributed by atoms with Crippen molar-refractivity contribution in [3.8, 4) is 17.0 Å². The van der Waals surface area contributed by atoms with Gasteiger partial charge in [0, 0.05) is 5.56 Å². The lowest BCUT2D eigenvalue weighted by molar-refractivity contribution is 0.240. The van der Waals surface area contributed by atoms with E-state index in [0.29, 0.717) is 5.69 Å². The van der Waals surface area contributed by atoms with Crippen LogP contribution in [0.5, 0.6) is 5.75 Å². The second-order valence-corrected chi connectivity index (χ2v) is 2.83. The quantitative estimate of drug-likeness (QED) is 0.755. The van der Waals surface area contributed by atoms with Crippen molar-refractivity contribution in [1.82, 2.24) is 4.98 Å². The Morgan fingerprint density at radius 1 is 1.21 bits per heavy atom. The first-order chi connectivity index (χ1) is 6.79. The van der Waals surface area contributed by atoms with Crippen LogP contribution in [0.15, 0.2) is 34.9 Å². The van der Waals surface area contributed by atoms with Gasteiger partial charge in [0.2, 0.25) is 5.89 Å². The molecular formula is C10H9NO3. The van der Waals surface area contributed by atoms with Crippen molar-refractivity contribution in [2.75, 3.05) is 0 Å². The first-order valence-electron chi connectivity index (χ1n) is 4.14. The van der Waals surface area contributed by atoms with Gasteiger partial charge in [0.05, 0.1) is 0 Å². The molecule has 1 aromatic carbocycles. The van der Waals surface area contributed by atoms with Crippen LogP contribution in [0.2, 0.25) is 0 Å². The van der Waals surface area contributed by atoms with E-state index in [1.165, 1.54) is 6.26 Å². The summed E-state index contributed by atoms with van der Waals surface area (Å²) in [4.78, 5) is 4.03. The highest BCUT2D eigenvalue weighted by molar-refractivity contribution is 5.58. The molecule has 2 aromatic rings. The summed E-state index contributed by atoms with van der Waals surface area (Å²) >= 11 is 0. The zero-order chi connectivity index (χ0) is 9.97. The molecule has 0 fully saturated rings. The van der Waals surface area contributed by atoms with E-state index in [4.69, 9.17) is 14.6 Å². The van der Waals surface area contributed by atoms with Crippen LogP contribution in [0.25, 0.3) is 11.3 Å². The molecule has 2 rings (SSSR count). The molecule has 0 aliphatic carbocycles. The zero-order valence-electron chi connectivity index (χ0n) is 7.34. The van der Waals surface area contributed by atoms with E-state index < -0.39 is 0 Å². The van der Waals surface area contributed by atoms with Crippen LogP contribution in [0.4, 0.5) is 0 Å². The fourth-order valence-electron chi connectivity index (χ4n) is 1.15. The molecule has 4 heteroatoms. The molecule has 4 nitrogen and oxygen atoms in total. The Bertz CT molecular complexity index is 419. The molecule has 0 radical (unpaired) electrons. The minimum absolute atomic E-state index is 0.208. The Labute approximate surface area is 80.5 Å². The van der Waals surface area contributed by atoms with Gasteiger partial charge in [-0.15, -0.1) is 0 Å². The fraction of sp³-hybridized carbons (Fsp3) is 0.100. The van der Waals surface area contributed by atoms with Gasteiger partial charge in [-0.05, 0) is 24.3 Å². The number of aliphatic hydroxyl groups is 1. The smallest absolute Gasteiger partial charge is 0.220 e. The normalized spacial score (nSPS) is 10.4. The first-order valence-corrected chi connectivity index (χ1v) is 4.14. The number of rotatable bonds is 2. The van der Waals surface area contributed by atoms with E-state index in [-0.39, 0.29) is 18.2 Å². The topological polar surface area (TPSA) is 66.5 Å². The summed E-state index contributed by atoms with van der Waals surface area (Å²) in [5.74, 6) is 0.493. The molecule has 72 valence electrons. The monoisotopic (exact) mass is 191 g/mol. The molecule has 0 unspecified atom stereocenters. The summed E-state index contributed by atoms with van der Waals surface area (Å²) in [6.45, 7) is -0.210. The number of benzene rings is 1. The lowest BCUT2D eigenvalue weighted by atomic mass is 10.2. The predicted molar refractivity (Wildman–Crippen MR) is 49.5 cm³/mol. The van der Waals surface area contributed by atoms with Crippen LogP contribution in [-0.4, -0.2) is 15.2 Å². The molecule has 0 amide bonds. The van der Waals surface area contributed by atoms with E-state index in [2.05, 4.69) is 4.98 Å². The average Bonchev–Trinajstić information content (AvgIpc) is 2.67. The average molecular weight is 191 g/mol. The summed E-state index contributed by atoms with van der Waals surface area (Å²) < 4.78 is 4.97. The number of hydrogen-bond donors (Lipinski definition) is 2. The number of phenols is 1. The second-order valence-electron chi connectivity index (χ2n) is 2.83. The second kappa shape index (κ2) is 3.51. The van der Waals surface area contributed by atoms with Crippen molar-refractivity contribution >= 4 is 0 Å².